The minimum absolute atomic E-state index is 0.00643. The van der Waals surface area contributed by atoms with E-state index in [4.69, 9.17) is 22.1 Å². The molecule has 0 spiro atoms. The van der Waals surface area contributed by atoms with Crippen molar-refractivity contribution >= 4 is 24.4 Å². The quantitative estimate of drug-likeness (QED) is 0.576. The smallest absolute Gasteiger partial charge is 0.303 e. The number of aryl methyl sites for hydroxylation is 1. The first kappa shape index (κ1) is 18.5. The third kappa shape index (κ3) is 5.35. The molecule has 1 heterocycles. The third-order valence-corrected chi connectivity index (χ3v) is 3.31. The van der Waals surface area contributed by atoms with Gasteiger partial charge in [-0.25, -0.2) is 0 Å². The molecule has 0 saturated carbocycles. The molecule has 0 aliphatic heterocycles. The van der Waals surface area contributed by atoms with Gasteiger partial charge in [0.2, 0.25) is 4.77 Å². The first-order chi connectivity index (χ1) is 11.9. The summed E-state index contributed by atoms with van der Waals surface area (Å²) in [6.45, 7) is 3.85. The second-order valence-electron chi connectivity index (χ2n) is 5.47. The van der Waals surface area contributed by atoms with Crippen molar-refractivity contribution in [1.29, 1.82) is 0 Å². The lowest BCUT2D eigenvalue weighted by Gasteiger charge is -2.09. The summed E-state index contributed by atoms with van der Waals surface area (Å²) < 4.78 is 6.61. The molecule has 2 rings (SSSR count). The fourth-order valence-electron chi connectivity index (χ4n) is 1.98. The molecule has 0 saturated heterocycles. The highest BCUT2D eigenvalue weighted by Crippen LogP contribution is 2.13. The predicted octanol–water partition coefficient (Wildman–Crippen LogP) is 1.99. The van der Waals surface area contributed by atoms with Crippen LogP contribution in [0, 0.1) is 4.77 Å². The van der Waals surface area contributed by atoms with Gasteiger partial charge in [0.25, 0.3) is 5.56 Å². The zero-order valence-electron chi connectivity index (χ0n) is 13.8. The molecular weight excluding hydrogens is 344 g/mol. The van der Waals surface area contributed by atoms with E-state index in [1.54, 1.807) is 12.1 Å². The molecule has 0 amide bonds. The van der Waals surface area contributed by atoms with Gasteiger partial charge >= 0.3 is 5.97 Å². The standard InChI is InChI=1S/C16H18N4O4S/c1-10(2)24-12-5-3-4-11(8-12)9-17-20-15(23)13(6-7-14(21)22)18-19-16(20)25/h3-5,8-10H,6-7H2,1-2H3,(H,19,25)(H,21,22)/b17-9-. The Balaban J connectivity index is 2.29. The Bertz CT molecular complexity index is 901. The number of aliphatic carboxylic acids is 1. The molecule has 132 valence electrons. The van der Waals surface area contributed by atoms with Gasteiger partial charge in [0.1, 0.15) is 11.4 Å². The zero-order valence-corrected chi connectivity index (χ0v) is 14.6. The van der Waals surface area contributed by atoms with Gasteiger partial charge in [-0.3, -0.25) is 14.7 Å². The molecule has 0 bridgehead atoms. The van der Waals surface area contributed by atoms with Crippen molar-refractivity contribution in [3.05, 3.63) is 50.6 Å². The second kappa shape index (κ2) is 8.34. The number of H-pyrrole nitrogens is 1. The Labute approximate surface area is 148 Å². The summed E-state index contributed by atoms with van der Waals surface area (Å²) in [6.07, 6.45) is 1.30. The summed E-state index contributed by atoms with van der Waals surface area (Å²) in [5.74, 6) is -0.325. The number of nitrogens with one attached hydrogen (secondary N) is 1. The van der Waals surface area contributed by atoms with E-state index in [0.717, 1.165) is 10.2 Å². The second-order valence-corrected chi connectivity index (χ2v) is 5.86. The fraction of sp³-hybridized carbons (Fsp3) is 0.312. The Morgan fingerprint density at radius 2 is 2.28 bits per heavy atom. The molecule has 2 N–H and O–H groups in total. The van der Waals surface area contributed by atoms with Gasteiger partial charge in [-0.2, -0.15) is 14.9 Å². The van der Waals surface area contributed by atoms with Gasteiger partial charge in [0.15, 0.2) is 0 Å². The van der Waals surface area contributed by atoms with E-state index in [1.807, 2.05) is 26.0 Å². The number of nitrogens with zero attached hydrogens (tertiary/aromatic N) is 3. The summed E-state index contributed by atoms with van der Waals surface area (Å²) in [6, 6.07) is 7.23. The molecule has 1 aromatic carbocycles. The van der Waals surface area contributed by atoms with Gasteiger partial charge in [-0.1, -0.05) is 12.1 Å². The molecule has 1 aromatic heterocycles. The number of rotatable bonds is 7. The monoisotopic (exact) mass is 362 g/mol. The average molecular weight is 362 g/mol. The van der Waals surface area contributed by atoms with E-state index in [-0.39, 0.29) is 29.4 Å². The van der Waals surface area contributed by atoms with Crippen LogP contribution in [0.15, 0.2) is 34.2 Å². The lowest BCUT2D eigenvalue weighted by Crippen LogP contribution is -2.25. The fourth-order valence-corrected chi connectivity index (χ4v) is 2.16. The number of hydrogen-bond donors (Lipinski definition) is 2. The molecule has 8 nitrogen and oxygen atoms in total. The van der Waals surface area contributed by atoms with Crippen LogP contribution in [0.5, 0.6) is 5.75 Å². The lowest BCUT2D eigenvalue weighted by atomic mass is 10.2. The summed E-state index contributed by atoms with van der Waals surface area (Å²) in [5, 5.41) is 19.1. The van der Waals surface area contributed by atoms with Crippen molar-refractivity contribution in [3.63, 3.8) is 0 Å². The summed E-state index contributed by atoms with van der Waals surface area (Å²) >= 11 is 5.02. The zero-order chi connectivity index (χ0) is 18.4. The summed E-state index contributed by atoms with van der Waals surface area (Å²) in [5.41, 5.74) is 0.240. The Morgan fingerprint density at radius 1 is 1.52 bits per heavy atom. The van der Waals surface area contributed by atoms with Crippen LogP contribution in [-0.4, -0.2) is 38.3 Å². The van der Waals surface area contributed by atoms with Crippen molar-refractivity contribution in [1.82, 2.24) is 14.9 Å². The van der Waals surface area contributed by atoms with Crippen LogP contribution in [0.1, 0.15) is 31.5 Å². The molecule has 0 radical (unpaired) electrons. The maximum atomic E-state index is 12.3. The van der Waals surface area contributed by atoms with Crippen LogP contribution < -0.4 is 10.3 Å². The number of ether oxygens (including phenoxy) is 1. The third-order valence-electron chi connectivity index (χ3n) is 3.05. The predicted molar refractivity (Wildman–Crippen MR) is 94.8 cm³/mol. The number of carboxylic acids is 1. The van der Waals surface area contributed by atoms with Gasteiger partial charge < -0.3 is 9.84 Å². The van der Waals surface area contributed by atoms with Crippen molar-refractivity contribution < 1.29 is 14.6 Å². The van der Waals surface area contributed by atoms with E-state index in [0.29, 0.717) is 5.75 Å². The van der Waals surface area contributed by atoms with Crippen LogP contribution >= 0.6 is 12.2 Å². The molecule has 0 aliphatic carbocycles. The van der Waals surface area contributed by atoms with Crippen molar-refractivity contribution in [3.8, 4) is 5.75 Å². The van der Waals surface area contributed by atoms with Crippen molar-refractivity contribution in [2.75, 3.05) is 0 Å². The van der Waals surface area contributed by atoms with Gasteiger partial charge in [-0.05, 0) is 43.8 Å². The van der Waals surface area contributed by atoms with Crippen LogP contribution in [0.3, 0.4) is 0 Å². The number of aromatic nitrogens is 3. The molecular formula is C16H18N4O4S. The SMILES string of the molecule is CC(C)Oc1cccc(/C=N\n2c(=S)[nH]nc(CCC(=O)O)c2=O)c1. The van der Waals surface area contributed by atoms with E-state index in [1.165, 1.54) is 6.21 Å². The highest BCUT2D eigenvalue weighted by atomic mass is 32.1. The van der Waals surface area contributed by atoms with Gasteiger partial charge in [-0.15, -0.1) is 0 Å². The van der Waals surface area contributed by atoms with Crippen LogP contribution in [0.2, 0.25) is 0 Å². The molecule has 0 unspecified atom stereocenters. The normalized spacial score (nSPS) is 11.2. The molecule has 0 fully saturated rings. The summed E-state index contributed by atoms with van der Waals surface area (Å²) in [7, 11) is 0. The highest BCUT2D eigenvalue weighted by molar-refractivity contribution is 7.71. The minimum atomic E-state index is -1.01. The number of aromatic amines is 1. The maximum Gasteiger partial charge on any atom is 0.303 e. The largest absolute Gasteiger partial charge is 0.491 e. The molecule has 9 heteroatoms. The number of carbonyl (C=O) groups is 1. The Morgan fingerprint density at radius 3 is 2.96 bits per heavy atom. The molecule has 0 atom stereocenters. The van der Waals surface area contributed by atoms with E-state index < -0.39 is 11.5 Å². The first-order valence-corrected chi connectivity index (χ1v) is 8.01. The van der Waals surface area contributed by atoms with E-state index >= 15 is 0 Å². The van der Waals surface area contributed by atoms with Crippen LogP contribution in [0.25, 0.3) is 0 Å². The first-order valence-electron chi connectivity index (χ1n) is 7.60. The van der Waals surface area contributed by atoms with Gasteiger partial charge in [0, 0.05) is 6.42 Å². The molecule has 25 heavy (non-hydrogen) atoms. The van der Waals surface area contributed by atoms with E-state index in [9.17, 15) is 9.59 Å². The maximum absolute atomic E-state index is 12.3. The number of hydrogen-bond acceptors (Lipinski definition) is 6. The topological polar surface area (TPSA) is 110 Å². The minimum Gasteiger partial charge on any atom is -0.491 e. The summed E-state index contributed by atoms with van der Waals surface area (Å²) in [4.78, 5) is 23.0. The number of carboxylic acid groups (broad SMARTS) is 1. The van der Waals surface area contributed by atoms with Crippen molar-refractivity contribution in [2.45, 2.75) is 32.8 Å². The van der Waals surface area contributed by atoms with Gasteiger partial charge in [0.05, 0.1) is 18.7 Å². The van der Waals surface area contributed by atoms with Crippen molar-refractivity contribution in [2.24, 2.45) is 5.10 Å². The Kier molecular flexibility index (Phi) is 6.18. The Hall–Kier alpha value is -2.81. The average Bonchev–Trinajstić information content (AvgIpc) is 2.53. The van der Waals surface area contributed by atoms with Crippen LogP contribution in [0.4, 0.5) is 0 Å². The van der Waals surface area contributed by atoms with Crippen LogP contribution in [-0.2, 0) is 11.2 Å². The number of benzene rings is 1. The van der Waals surface area contributed by atoms with E-state index in [2.05, 4.69) is 15.3 Å². The highest BCUT2D eigenvalue weighted by Gasteiger charge is 2.09. The lowest BCUT2D eigenvalue weighted by molar-refractivity contribution is -0.136. The molecule has 0 aliphatic rings. The molecule has 2 aromatic rings.